The Morgan fingerprint density at radius 3 is 2.45 bits per heavy atom. The Bertz CT molecular complexity index is 405. The van der Waals surface area contributed by atoms with Crippen LogP contribution in [-0.2, 0) is 0 Å². The van der Waals surface area contributed by atoms with Crippen LogP contribution in [0.5, 0.6) is 6.01 Å². The molecule has 0 atom stereocenters. The summed E-state index contributed by atoms with van der Waals surface area (Å²) in [4.78, 5) is 15.5. The number of aromatic nitrogens is 3. The smallest absolute Gasteiger partial charge is 0.323 e. The average molecular weight is 279 g/mol. The third-order valence-corrected chi connectivity index (χ3v) is 3.26. The van der Waals surface area contributed by atoms with Gasteiger partial charge in [0.2, 0.25) is 11.9 Å². The molecule has 0 bridgehead atoms. The van der Waals surface area contributed by atoms with Crippen LogP contribution in [-0.4, -0.2) is 41.2 Å². The molecular weight excluding hydrogens is 254 g/mol. The van der Waals surface area contributed by atoms with Crippen LogP contribution in [0.15, 0.2) is 0 Å². The Morgan fingerprint density at radius 2 is 1.80 bits per heavy atom. The zero-order valence-corrected chi connectivity index (χ0v) is 12.6. The van der Waals surface area contributed by atoms with Crippen molar-refractivity contribution in [3.05, 3.63) is 0 Å². The van der Waals surface area contributed by atoms with Crippen LogP contribution in [0.2, 0.25) is 0 Å². The van der Waals surface area contributed by atoms with Crippen LogP contribution in [0.25, 0.3) is 0 Å². The van der Waals surface area contributed by atoms with Crippen molar-refractivity contribution < 1.29 is 4.74 Å². The first-order valence-electron chi connectivity index (χ1n) is 7.71. The lowest BCUT2D eigenvalue weighted by molar-refractivity contribution is 0.292. The molecule has 2 heterocycles. The van der Waals surface area contributed by atoms with Crippen LogP contribution in [0.4, 0.5) is 11.9 Å². The highest BCUT2D eigenvalue weighted by atomic mass is 16.5. The van der Waals surface area contributed by atoms with Crippen molar-refractivity contribution in [1.82, 2.24) is 15.0 Å². The summed E-state index contributed by atoms with van der Waals surface area (Å²) in [5, 5.41) is 3.15. The van der Waals surface area contributed by atoms with Gasteiger partial charge < -0.3 is 15.0 Å². The molecule has 20 heavy (non-hydrogen) atoms. The number of nitrogens with zero attached hydrogens (tertiary/aromatic N) is 4. The van der Waals surface area contributed by atoms with E-state index in [-0.39, 0.29) is 0 Å². The molecule has 0 spiro atoms. The van der Waals surface area contributed by atoms with Crippen molar-refractivity contribution in [2.75, 3.05) is 36.5 Å². The SMILES string of the molecule is CCCOc1nc(NCC)nc(N2CCCCCC2)n1. The Hall–Kier alpha value is -1.59. The minimum absolute atomic E-state index is 0.428. The van der Waals surface area contributed by atoms with Crippen molar-refractivity contribution in [2.24, 2.45) is 0 Å². The Kier molecular flexibility index (Phi) is 5.83. The fourth-order valence-electron chi connectivity index (χ4n) is 2.25. The summed E-state index contributed by atoms with van der Waals surface area (Å²) in [6.07, 6.45) is 5.93. The number of rotatable bonds is 6. The molecule has 1 aliphatic rings. The van der Waals surface area contributed by atoms with E-state index in [2.05, 4.69) is 32.1 Å². The zero-order valence-electron chi connectivity index (χ0n) is 12.6. The number of hydrogen-bond donors (Lipinski definition) is 1. The standard InChI is InChI=1S/C14H25N5O/c1-3-11-20-14-17-12(15-4-2)16-13(18-14)19-9-7-5-6-8-10-19/h3-11H2,1-2H3,(H,15,16,17,18). The van der Waals surface area contributed by atoms with Gasteiger partial charge in [-0.05, 0) is 26.2 Å². The summed E-state index contributed by atoms with van der Waals surface area (Å²) in [5.74, 6) is 1.34. The molecule has 112 valence electrons. The maximum Gasteiger partial charge on any atom is 0.323 e. The predicted molar refractivity (Wildman–Crippen MR) is 80.5 cm³/mol. The van der Waals surface area contributed by atoms with Crippen LogP contribution in [0.1, 0.15) is 46.0 Å². The molecule has 1 aromatic heterocycles. The van der Waals surface area contributed by atoms with Gasteiger partial charge in [0.1, 0.15) is 0 Å². The third-order valence-electron chi connectivity index (χ3n) is 3.26. The van der Waals surface area contributed by atoms with Crippen molar-refractivity contribution in [2.45, 2.75) is 46.0 Å². The lowest BCUT2D eigenvalue weighted by Gasteiger charge is -2.20. The Morgan fingerprint density at radius 1 is 1.05 bits per heavy atom. The summed E-state index contributed by atoms with van der Waals surface area (Å²) in [6, 6.07) is 0.428. The Labute approximate surface area is 121 Å². The number of anilines is 2. The van der Waals surface area contributed by atoms with Crippen LogP contribution < -0.4 is 15.0 Å². The molecule has 0 radical (unpaired) electrons. The van der Waals surface area contributed by atoms with Crippen LogP contribution >= 0.6 is 0 Å². The fraction of sp³-hybridized carbons (Fsp3) is 0.786. The molecule has 1 fully saturated rings. The monoisotopic (exact) mass is 279 g/mol. The van der Waals surface area contributed by atoms with Gasteiger partial charge in [-0.2, -0.15) is 15.0 Å². The second kappa shape index (κ2) is 7.87. The van der Waals surface area contributed by atoms with Crippen molar-refractivity contribution in [3.63, 3.8) is 0 Å². The summed E-state index contributed by atoms with van der Waals surface area (Å²) < 4.78 is 5.58. The van der Waals surface area contributed by atoms with E-state index in [9.17, 15) is 0 Å². The maximum absolute atomic E-state index is 5.58. The molecular formula is C14H25N5O. The van der Waals surface area contributed by atoms with Crippen molar-refractivity contribution in [3.8, 4) is 6.01 Å². The highest BCUT2D eigenvalue weighted by Crippen LogP contribution is 2.19. The van der Waals surface area contributed by atoms with Gasteiger partial charge in [-0.15, -0.1) is 0 Å². The van der Waals surface area contributed by atoms with E-state index in [1.165, 1.54) is 25.7 Å². The zero-order chi connectivity index (χ0) is 14.2. The summed E-state index contributed by atoms with van der Waals surface area (Å²) in [7, 11) is 0. The quantitative estimate of drug-likeness (QED) is 0.863. The maximum atomic E-state index is 5.58. The number of ether oxygens (including phenoxy) is 1. The molecule has 6 heteroatoms. The first-order valence-corrected chi connectivity index (χ1v) is 7.71. The van der Waals surface area contributed by atoms with Crippen molar-refractivity contribution >= 4 is 11.9 Å². The van der Waals surface area contributed by atoms with Gasteiger partial charge in [0.25, 0.3) is 0 Å². The summed E-state index contributed by atoms with van der Waals surface area (Å²) in [6.45, 7) is 7.56. The van der Waals surface area contributed by atoms with Gasteiger partial charge in [-0.3, -0.25) is 0 Å². The lowest BCUT2D eigenvalue weighted by atomic mass is 10.2. The van der Waals surface area contributed by atoms with Gasteiger partial charge in [-0.25, -0.2) is 0 Å². The molecule has 2 rings (SSSR count). The Balaban J connectivity index is 2.17. The van der Waals surface area contributed by atoms with E-state index >= 15 is 0 Å². The highest BCUT2D eigenvalue weighted by Gasteiger charge is 2.15. The topological polar surface area (TPSA) is 63.2 Å². The van der Waals surface area contributed by atoms with Gasteiger partial charge in [0.15, 0.2) is 0 Å². The largest absolute Gasteiger partial charge is 0.463 e. The van der Waals surface area contributed by atoms with Crippen LogP contribution in [0.3, 0.4) is 0 Å². The molecule has 6 nitrogen and oxygen atoms in total. The molecule has 0 aliphatic carbocycles. The van der Waals surface area contributed by atoms with E-state index in [0.717, 1.165) is 32.0 Å². The van der Waals surface area contributed by atoms with E-state index < -0.39 is 0 Å². The minimum atomic E-state index is 0.428. The molecule has 0 saturated carbocycles. The highest BCUT2D eigenvalue weighted by molar-refractivity contribution is 5.38. The molecule has 1 saturated heterocycles. The van der Waals surface area contributed by atoms with E-state index in [1.54, 1.807) is 0 Å². The van der Waals surface area contributed by atoms with Gasteiger partial charge in [0, 0.05) is 19.6 Å². The summed E-state index contributed by atoms with van der Waals surface area (Å²) >= 11 is 0. The number of hydrogen-bond acceptors (Lipinski definition) is 6. The predicted octanol–water partition coefficient (Wildman–Crippen LogP) is 2.47. The third kappa shape index (κ3) is 4.21. The van der Waals surface area contributed by atoms with E-state index in [1.807, 2.05) is 6.92 Å². The molecule has 1 aliphatic heterocycles. The first kappa shape index (κ1) is 14.8. The second-order valence-corrected chi connectivity index (χ2v) is 5.02. The molecule has 0 unspecified atom stereocenters. The summed E-state index contributed by atoms with van der Waals surface area (Å²) in [5.41, 5.74) is 0. The van der Waals surface area contributed by atoms with E-state index in [0.29, 0.717) is 18.6 Å². The van der Waals surface area contributed by atoms with Gasteiger partial charge >= 0.3 is 6.01 Å². The normalized spacial score (nSPS) is 15.8. The van der Waals surface area contributed by atoms with E-state index in [4.69, 9.17) is 4.74 Å². The first-order chi connectivity index (χ1) is 9.83. The lowest BCUT2D eigenvalue weighted by Crippen LogP contribution is -2.27. The van der Waals surface area contributed by atoms with Gasteiger partial charge in [-0.1, -0.05) is 19.8 Å². The van der Waals surface area contributed by atoms with Crippen LogP contribution in [0, 0.1) is 0 Å². The molecule has 1 N–H and O–H groups in total. The molecule has 0 aromatic carbocycles. The molecule has 1 aromatic rings. The van der Waals surface area contributed by atoms with Gasteiger partial charge in [0.05, 0.1) is 6.61 Å². The average Bonchev–Trinajstić information content (AvgIpc) is 2.74. The second-order valence-electron chi connectivity index (χ2n) is 5.02. The fourth-order valence-corrected chi connectivity index (χ4v) is 2.25. The minimum Gasteiger partial charge on any atom is -0.463 e. The van der Waals surface area contributed by atoms with Crippen molar-refractivity contribution in [1.29, 1.82) is 0 Å². The molecule has 0 amide bonds. The number of nitrogens with one attached hydrogen (secondary N) is 1.